The van der Waals surface area contributed by atoms with E-state index in [1.165, 1.54) is 0 Å². The largest absolute Gasteiger partial charge is 0.497 e. The van der Waals surface area contributed by atoms with Crippen LogP contribution in [-0.4, -0.2) is 28.1 Å². The zero-order chi connectivity index (χ0) is 24.3. The monoisotopic (exact) mass is 474 g/mol. The number of aromatic nitrogens is 3. The van der Waals surface area contributed by atoms with Gasteiger partial charge in [-0.3, -0.25) is 0 Å². The first kappa shape index (κ1) is 23.2. The number of nitrogens with zero attached hydrogens (tertiary/aromatic N) is 3. The molecule has 0 spiro atoms. The maximum atomic E-state index is 12.6. The summed E-state index contributed by atoms with van der Waals surface area (Å²) in [7, 11) is 1.60. The van der Waals surface area contributed by atoms with E-state index in [1.54, 1.807) is 55.0 Å². The molecular weight excluding hydrogens is 448 g/mol. The van der Waals surface area contributed by atoms with E-state index in [0.29, 0.717) is 17.1 Å². The second-order valence-electron chi connectivity index (χ2n) is 8.64. The lowest BCUT2D eigenvalue weighted by atomic mass is 9.98. The smallest absolute Gasteiger partial charge is 0.323 e. The van der Waals surface area contributed by atoms with Crippen LogP contribution in [0.1, 0.15) is 25.8 Å². The molecule has 9 heteroatoms. The molecule has 0 aliphatic rings. The van der Waals surface area contributed by atoms with Gasteiger partial charge >= 0.3 is 6.03 Å². The van der Waals surface area contributed by atoms with Crippen molar-refractivity contribution in [1.82, 2.24) is 15.0 Å². The Kier molecular flexibility index (Phi) is 6.47. The van der Waals surface area contributed by atoms with Crippen molar-refractivity contribution in [2.45, 2.75) is 26.2 Å². The third-order valence-corrected chi connectivity index (χ3v) is 6.45. The van der Waals surface area contributed by atoms with Crippen LogP contribution >= 0.6 is 11.3 Å². The summed E-state index contributed by atoms with van der Waals surface area (Å²) in [6.45, 7) is 6.36. The van der Waals surface area contributed by atoms with E-state index in [-0.39, 0.29) is 17.4 Å². The van der Waals surface area contributed by atoms with Gasteiger partial charge in [-0.1, -0.05) is 32.9 Å². The summed E-state index contributed by atoms with van der Waals surface area (Å²) in [6.07, 6.45) is 1.62. The normalized spacial score (nSPS) is 11.2. The second kappa shape index (κ2) is 9.48. The number of carbonyl (C=O) groups excluding carboxylic acids is 1. The van der Waals surface area contributed by atoms with Gasteiger partial charge in [0.25, 0.3) is 0 Å². The van der Waals surface area contributed by atoms with Gasteiger partial charge in [-0.05, 0) is 48.0 Å². The van der Waals surface area contributed by atoms with Gasteiger partial charge in [0.05, 0.1) is 22.7 Å². The molecule has 0 aliphatic heterocycles. The average Bonchev–Trinajstić information content (AvgIpc) is 3.26. The third kappa shape index (κ3) is 5.32. The zero-order valence-electron chi connectivity index (χ0n) is 19.4. The number of carbonyl (C=O) groups is 1. The molecular formula is C25H26N6O2S. The van der Waals surface area contributed by atoms with Crippen LogP contribution in [0.25, 0.3) is 21.8 Å². The van der Waals surface area contributed by atoms with E-state index in [0.717, 1.165) is 26.9 Å². The average molecular weight is 475 g/mol. The number of nitrogen functional groups attached to an aromatic ring is 1. The number of hydrogen-bond acceptors (Lipinski definition) is 7. The molecule has 4 rings (SSSR count). The highest BCUT2D eigenvalue weighted by Crippen LogP contribution is 2.40. The Labute approximate surface area is 202 Å². The van der Waals surface area contributed by atoms with Gasteiger partial charge in [0.15, 0.2) is 0 Å². The number of benzene rings is 2. The first-order valence-electron chi connectivity index (χ1n) is 10.7. The minimum atomic E-state index is -0.342. The number of rotatable bonds is 5. The summed E-state index contributed by atoms with van der Waals surface area (Å²) in [4.78, 5) is 26.8. The standard InChI is InChI=1S/C25H26N6O2S/c1-25(2,3)22-31-20(19-12-13-27-23(26)30-19)21(34-22)15-6-5-7-17(14-15)29-24(32)28-16-8-10-18(33-4)11-9-16/h5-14H,1-4H3,(H2,26,27,30)(H2,28,29,32). The topological polar surface area (TPSA) is 115 Å². The number of ether oxygens (including phenoxy) is 1. The molecule has 0 aliphatic carbocycles. The Hall–Kier alpha value is -3.98. The van der Waals surface area contributed by atoms with Gasteiger partial charge in [0.2, 0.25) is 5.95 Å². The lowest BCUT2D eigenvalue weighted by molar-refractivity contribution is 0.262. The molecule has 0 fully saturated rings. The van der Waals surface area contributed by atoms with E-state index < -0.39 is 0 Å². The SMILES string of the molecule is COc1ccc(NC(=O)Nc2cccc(-c3sc(C(C)(C)C)nc3-c3ccnc(N)n3)c2)cc1. The fraction of sp³-hybridized carbons (Fsp3) is 0.200. The van der Waals surface area contributed by atoms with Crippen LogP contribution in [0.4, 0.5) is 22.1 Å². The predicted molar refractivity (Wildman–Crippen MR) is 137 cm³/mol. The molecule has 34 heavy (non-hydrogen) atoms. The molecule has 0 unspecified atom stereocenters. The third-order valence-electron chi connectivity index (χ3n) is 4.92. The first-order valence-corrected chi connectivity index (χ1v) is 11.5. The van der Waals surface area contributed by atoms with E-state index >= 15 is 0 Å². The van der Waals surface area contributed by atoms with Gasteiger partial charge < -0.3 is 21.1 Å². The predicted octanol–water partition coefficient (Wildman–Crippen LogP) is 5.80. The van der Waals surface area contributed by atoms with E-state index in [2.05, 4.69) is 41.4 Å². The minimum absolute atomic E-state index is 0.135. The molecule has 0 radical (unpaired) electrons. The molecule has 8 nitrogen and oxygen atoms in total. The first-order chi connectivity index (χ1) is 16.2. The van der Waals surface area contributed by atoms with Crippen molar-refractivity contribution in [3.63, 3.8) is 0 Å². The number of methoxy groups -OCH3 is 1. The van der Waals surface area contributed by atoms with E-state index in [9.17, 15) is 4.79 Å². The Balaban J connectivity index is 1.62. The fourth-order valence-electron chi connectivity index (χ4n) is 3.22. The van der Waals surface area contributed by atoms with Crippen molar-refractivity contribution >= 4 is 34.7 Å². The van der Waals surface area contributed by atoms with Crippen LogP contribution in [0.15, 0.2) is 60.8 Å². The van der Waals surface area contributed by atoms with Gasteiger partial charge in [-0.15, -0.1) is 11.3 Å². The number of urea groups is 1. The van der Waals surface area contributed by atoms with Crippen LogP contribution < -0.4 is 21.1 Å². The second-order valence-corrected chi connectivity index (χ2v) is 9.63. The van der Waals surface area contributed by atoms with Gasteiger partial charge in [-0.25, -0.2) is 19.7 Å². The summed E-state index contributed by atoms with van der Waals surface area (Å²) in [5, 5.41) is 6.69. The highest BCUT2D eigenvalue weighted by molar-refractivity contribution is 7.15. The maximum Gasteiger partial charge on any atom is 0.323 e. The molecule has 0 saturated carbocycles. The van der Waals surface area contributed by atoms with Crippen LogP contribution in [0.5, 0.6) is 5.75 Å². The Bertz CT molecular complexity index is 1310. The minimum Gasteiger partial charge on any atom is -0.497 e. The fourth-order valence-corrected chi connectivity index (χ4v) is 4.35. The van der Waals surface area contributed by atoms with Crippen LogP contribution in [0, 0.1) is 0 Å². The van der Waals surface area contributed by atoms with Crippen LogP contribution in [0.3, 0.4) is 0 Å². The number of anilines is 3. The summed E-state index contributed by atoms with van der Waals surface area (Å²) in [5.74, 6) is 0.915. The van der Waals surface area contributed by atoms with Crippen molar-refractivity contribution in [3.8, 4) is 27.6 Å². The number of amides is 2. The quantitative estimate of drug-likeness (QED) is 0.337. The van der Waals surface area contributed by atoms with Crippen molar-refractivity contribution in [3.05, 3.63) is 65.8 Å². The molecule has 174 valence electrons. The number of nitrogens with two attached hydrogens (primary N) is 1. The highest BCUT2D eigenvalue weighted by Gasteiger charge is 2.24. The summed E-state index contributed by atoms with van der Waals surface area (Å²) in [5.41, 5.74) is 9.33. The lowest BCUT2D eigenvalue weighted by Crippen LogP contribution is -2.19. The Morgan fingerprint density at radius 1 is 1.00 bits per heavy atom. The zero-order valence-corrected chi connectivity index (χ0v) is 20.2. The molecule has 0 saturated heterocycles. The summed E-state index contributed by atoms with van der Waals surface area (Å²) in [6, 6.07) is 16.2. The van der Waals surface area contributed by atoms with Gasteiger partial charge in [0.1, 0.15) is 11.4 Å². The molecule has 2 amide bonds. The van der Waals surface area contributed by atoms with Gasteiger partial charge in [0, 0.05) is 23.0 Å². The summed E-state index contributed by atoms with van der Waals surface area (Å²) >= 11 is 1.60. The van der Waals surface area contributed by atoms with Crippen LogP contribution in [-0.2, 0) is 5.41 Å². The maximum absolute atomic E-state index is 12.6. The number of hydrogen-bond donors (Lipinski definition) is 3. The molecule has 4 aromatic rings. The van der Waals surface area contributed by atoms with Crippen molar-refractivity contribution in [2.75, 3.05) is 23.5 Å². The Morgan fingerprint density at radius 2 is 1.74 bits per heavy atom. The van der Waals surface area contributed by atoms with Gasteiger partial charge in [-0.2, -0.15) is 0 Å². The lowest BCUT2D eigenvalue weighted by Gasteiger charge is -2.13. The number of nitrogens with one attached hydrogen (secondary N) is 2. The number of thiazole rings is 1. The van der Waals surface area contributed by atoms with Crippen molar-refractivity contribution < 1.29 is 9.53 Å². The molecule has 2 heterocycles. The van der Waals surface area contributed by atoms with E-state index in [1.807, 2.05) is 24.3 Å². The highest BCUT2D eigenvalue weighted by atomic mass is 32.1. The molecule has 0 bridgehead atoms. The molecule has 4 N–H and O–H groups in total. The van der Waals surface area contributed by atoms with Crippen molar-refractivity contribution in [1.29, 1.82) is 0 Å². The molecule has 2 aromatic carbocycles. The molecule has 2 aromatic heterocycles. The van der Waals surface area contributed by atoms with Crippen molar-refractivity contribution in [2.24, 2.45) is 0 Å². The van der Waals surface area contributed by atoms with E-state index in [4.69, 9.17) is 15.5 Å². The Morgan fingerprint density at radius 3 is 2.41 bits per heavy atom. The summed E-state index contributed by atoms with van der Waals surface area (Å²) < 4.78 is 5.15. The van der Waals surface area contributed by atoms with Crippen LogP contribution in [0.2, 0.25) is 0 Å². The molecule has 0 atom stereocenters.